The van der Waals surface area contributed by atoms with Crippen LogP contribution in [0.4, 0.5) is 5.82 Å². The molecule has 4 heteroatoms. The summed E-state index contributed by atoms with van der Waals surface area (Å²) >= 11 is 0. The molecule has 1 aromatic rings. The Balaban J connectivity index is 1.71. The number of hydrogen-bond acceptors (Lipinski definition) is 4. The summed E-state index contributed by atoms with van der Waals surface area (Å²) in [5.41, 5.74) is 1.68. The largest absolute Gasteiger partial charge is 0.353 e. The number of aromatic nitrogens is 1. The number of anilines is 1. The van der Waals surface area contributed by atoms with Crippen molar-refractivity contribution in [2.75, 3.05) is 31.1 Å². The molecule has 1 saturated carbocycles. The smallest absolute Gasteiger partial charge is 0.146 e. The first-order chi connectivity index (χ1) is 9.28. The Kier molecular flexibility index (Phi) is 3.39. The molecule has 1 aliphatic carbocycles. The van der Waals surface area contributed by atoms with E-state index in [0.717, 1.165) is 43.7 Å². The highest BCUT2D eigenvalue weighted by Crippen LogP contribution is 2.27. The second kappa shape index (κ2) is 5.18. The monoisotopic (exact) mass is 256 g/mol. The van der Waals surface area contributed by atoms with Gasteiger partial charge in [0.05, 0.1) is 5.56 Å². The first kappa shape index (κ1) is 12.4. The van der Waals surface area contributed by atoms with Gasteiger partial charge in [-0.05, 0) is 31.9 Å². The van der Waals surface area contributed by atoms with Crippen molar-refractivity contribution in [1.29, 1.82) is 5.26 Å². The first-order valence-electron chi connectivity index (χ1n) is 7.14. The molecule has 1 saturated heterocycles. The third-order valence-corrected chi connectivity index (χ3v) is 4.34. The zero-order chi connectivity index (χ0) is 13.2. The molecule has 0 atom stereocenters. The van der Waals surface area contributed by atoms with Gasteiger partial charge in [0.25, 0.3) is 0 Å². The summed E-state index contributed by atoms with van der Waals surface area (Å²) in [5.74, 6) is 0.871. The third-order valence-electron chi connectivity index (χ3n) is 4.34. The van der Waals surface area contributed by atoms with Gasteiger partial charge in [0.15, 0.2) is 0 Å². The second-order valence-electron chi connectivity index (χ2n) is 5.54. The van der Waals surface area contributed by atoms with Gasteiger partial charge in [-0.25, -0.2) is 4.98 Å². The summed E-state index contributed by atoms with van der Waals surface area (Å²) in [6.07, 6.45) is 4.13. The van der Waals surface area contributed by atoms with E-state index < -0.39 is 0 Å². The van der Waals surface area contributed by atoms with E-state index in [0.29, 0.717) is 5.56 Å². The van der Waals surface area contributed by atoms with Crippen LogP contribution in [0.1, 0.15) is 30.5 Å². The minimum absolute atomic E-state index is 0.697. The molecule has 0 aromatic carbocycles. The molecule has 1 aromatic heterocycles. The fourth-order valence-corrected chi connectivity index (χ4v) is 2.92. The molecule has 1 aliphatic heterocycles. The third kappa shape index (κ3) is 2.43. The average molecular weight is 256 g/mol. The minimum atomic E-state index is 0.697. The molecule has 100 valence electrons. The highest BCUT2D eigenvalue weighted by Gasteiger charge is 2.28. The fraction of sp³-hybridized carbons (Fsp3) is 0.600. The van der Waals surface area contributed by atoms with Crippen molar-refractivity contribution in [2.45, 2.75) is 32.2 Å². The van der Waals surface area contributed by atoms with E-state index >= 15 is 0 Å². The maximum Gasteiger partial charge on any atom is 0.146 e. The standard InChI is InChI=1S/C15H20N4/c1-12-5-6-13(11-16)15(17-12)19-9-7-18(8-10-19)14-3-2-4-14/h5-6,14H,2-4,7-10H2,1H3. The lowest BCUT2D eigenvalue weighted by Gasteiger charge is -2.43. The number of hydrogen-bond donors (Lipinski definition) is 0. The van der Waals surface area contributed by atoms with E-state index in [-0.39, 0.29) is 0 Å². The maximum absolute atomic E-state index is 9.20. The molecule has 19 heavy (non-hydrogen) atoms. The Hall–Kier alpha value is -1.60. The SMILES string of the molecule is Cc1ccc(C#N)c(N2CCN(C3CCC3)CC2)n1. The molecule has 2 fully saturated rings. The molecule has 0 bridgehead atoms. The van der Waals surface area contributed by atoms with Gasteiger partial charge in [-0.2, -0.15) is 5.26 Å². The van der Waals surface area contributed by atoms with Gasteiger partial charge >= 0.3 is 0 Å². The number of nitrogens with zero attached hydrogens (tertiary/aromatic N) is 4. The number of aryl methyl sites for hydroxylation is 1. The van der Waals surface area contributed by atoms with Gasteiger partial charge < -0.3 is 4.90 Å². The summed E-state index contributed by atoms with van der Waals surface area (Å²) in [6.45, 7) is 6.16. The van der Waals surface area contributed by atoms with Gasteiger partial charge in [0.1, 0.15) is 11.9 Å². The van der Waals surface area contributed by atoms with E-state index in [1.54, 1.807) is 0 Å². The van der Waals surface area contributed by atoms with Crippen molar-refractivity contribution in [1.82, 2.24) is 9.88 Å². The van der Waals surface area contributed by atoms with Crippen LogP contribution < -0.4 is 4.90 Å². The summed E-state index contributed by atoms with van der Waals surface area (Å²) in [5, 5.41) is 9.20. The average Bonchev–Trinajstić information content (AvgIpc) is 2.37. The van der Waals surface area contributed by atoms with Gasteiger partial charge in [0.2, 0.25) is 0 Å². The quantitative estimate of drug-likeness (QED) is 0.811. The predicted molar refractivity (Wildman–Crippen MR) is 75.1 cm³/mol. The van der Waals surface area contributed by atoms with E-state index in [1.165, 1.54) is 19.3 Å². The topological polar surface area (TPSA) is 43.2 Å². The molecule has 0 radical (unpaired) electrons. The molecular formula is C15H20N4. The highest BCUT2D eigenvalue weighted by atomic mass is 15.3. The number of rotatable bonds is 2. The van der Waals surface area contributed by atoms with Crippen LogP contribution in [-0.2, 0) is 0 Å². The highest BCUT2D eigenvalue weighted by molar-refractivity contribution is 5.54. The van der Waals surface area contributed by atoms with Crippen LogP contribution in [0.2, 0.25) is 0 Å². The lowest BCUT2D eigenvalue weighted by atomic mass is 9.91. The Labute approximate surface area is 114 Å². The molecule has 0 amide bonds. The molecule has 2 heterocycles. The van der Waals surface area contributed by atoms with Crippen molar-refractivity contribution in [2.24, 2.45) is 0 Å². The predicted octanol–water partition coefficient (Wildman–Crippen LogP) is 1.94. The van der Waals surface area contributed by atoms with Crippen molar-refractivity contribution >= 4 is 5.82 Å². The Morgan fingerprint density at radius 2 is 1.95 bits per heavy atom. The number of piperazine rings is 1. The molecule has 2 aliphatic rings. The second-order valence-corrected chi connectivity index (χ2v) is 5.54. The van der Waals surface area contributed by atoms with E-state index in [9.17, 15) is 5.26 Å². The Morgan fingerprint density at radius 1 is 1.21 bits per heavy atom. The van der Waals surface area contributed by atoms with Gasteiger partial charge in [0, 0.05) is 37.9 Å². The molecule has 0 N–H and O–H groups in total. The summed E-state index contributed by atoms with van der Waals surface area (Å²) in [6, 6.07) is 6.88. The van der Waals surface area contributed by atoms with Crippen molar-refractivity contribution in [3.05, 3.63) is 23.4 Å². The zero-order valence-corrected chi connectivity index (χ0v) is 11.5. The molecule has 0 spiro atoms. The van der Waals surface area contributed by atoms with Crippen molar-refractivity contribution < 1.29 is 0 Å². The zero-order valence-electron chi connectivity index (χ0n) is 11.5. The summed E-state index contributed by atoms with van der Waals surface area (Å²) in [7, 11) is 0. The lowest BCUT2D eigenvalue weighted by Crippen LogP contribution is -2.52. The number of pyridine rings is 1. The Bertz CT molecular complexity index is 493. The van der Waals surface area contributed by atoms with Crippen LogP contribution in [-0.4, -0.2) is 42.1 Å². The maximum atomic E-state index is 9.20. The van der Waals surface area contributed by atoms with E-state index in [1.807, 2.05) is 19.1 Å². The van der Waals surface area contributed by atoms with Crippen LogP contribution in [0, 0.1) is 18.3 Å². The summed E-state index contributed by atoms with van der Waals surface area (Å²) in [4.78, 5) is 9.42. The van der Waals surface area contributed by atoms with Crippen LogP contribution in [0.25, 0.3) is 0 Å². The lowest BCUT2D eigenvalue weighted by molar-refractivity contribution is 0.120. The fourth-order valence-electron chi connectivity index (χ4n) is 2.92. The van der Waals surface area contributed by atoms with Crippen LogP contribution in [0.5, 0.6) is 0 Å². The molecule has 3 rings (SSSR count). The molecular weight excluding hydrogens is 236 g/mol. The van der Waals surface area contributed by atoms with Gasteiger partial charge in [-0.15, -0.1) is 0 Å². The molecule has 4 nitrogen and oxygen atoms in total. The summed E-state index contributed by atoms with van der Waals surface area (Å²) < 4.78 is 0. The van der Waals surface area contributed by atoms with Crippen LogP contribution in [0.3, 0.4) is 0 Å². The van der Waals surface area contributed by atoms with Gasteiger partial charge in [-0.1, -0.05) is 6.42 Å². The van der Waals surface area contributed by atoms with Crippen LogP contribution >= 0.6 is 0 Å². The number of nitriles is 1. The molecule has 0 unspecified atom stereocenters. The van der Waals surface area contributed by atoms with E-state index in [4.69, 9.17) is 0 Å². The van der Waals surface area contributed by atoms with Crippen LogP contribution in [0.15, 0.2) is 12.1 Å². The van der Waals surface area contributed by atoms with E-state index in [2.05, 4.69) is 20.9 Å². The van der Waals surface area contributed by atoms with Crippen molar-refractivity contribution in [3.8, 4) is 6.07 Å². The van der Waals surface area contributed by atoms with Crippen molar-refractivity contribution in [3.63, 3.8) is 0 Å². The Morgan fingerprint density at radius 3 is 2.53 bits per heavy atom. The minimum Gasteiger partial charge on any atom is -0.353 e. The normalized spacial score (nSPS) is 20.9. The first-order valence-corrected chi connectivity index (χ1v) is 7.14. The van der Waals surface area contributed by atoms with Gasteiger partial charge in [-0.3, -0.25) is 4.90 Å².